The Bertz CT molecular complexity index is 941. The molecule has 0 atom stereocenters. The summed E-state index contributed by atoms with van der Waals surface area (Å²) in [5.74, 6) is 0.971. The van der Waals surface area contributed by atoms with Gasteiger partial charge in [0.15, 0.2) is 0 Å². The maximum Gasteiger partial charge on any atom is 0.416 e. The van der Waals surface area contributed by atoms with Gasteiger partial charge < -0.3 is 5.32 Å². The van der Waals surface area contributed by atoms with Gasteiger partial charge in [0, 0.05) is 18.2 Å². The number of hydrogen-bond acceptors (Lipinski definition) is 5. The van der Waals surface area contributed by atoms with Crippen molar-refractivity contribution in [1.29, 1.82) is 0 Å². The second kappa shape index (κ2) is 9.30. The van der Waals surface area contributed by atoms with Crippen LogP contribution in [0.15, 0.2) is 36.4 Å². The van der Waals surface area contributed by atoms with Crippen molar-refractivity contribution in [1.82, 2.24) is 14.9 Å². The van der Waals surface area contributed by atoms with Gasteiger partial charge in [-0.1, -0.05) is 12.1 Å². The number of nitrogens with zero attached hydrogens (tertiary/aromatic N) is 2. The molecule has 0 spiro atoms. The van der Waals surface area contributed by atoms with Gasteiger partial charge in [0.25, 0.3) is 0 Å². The lowest BCUT2D eigenvalue weighted by atomic mass is 9.86. The Labute approximate surface area is 174 Å². The minimum atomic E-state index is -4.40. The van der Waals surface area contributed by atoms with Gasteiger partial charge in [0.05, 0.1) is 17.0 Å². The maximum absolute atomic E-state index is 12.9. The van der Waals surface area contributed by atoms with Gasteiger partial charge >= 0.3 is 6.18 Å². The van der Waals surface area contributed by atoms with E-state index in [1.807, 2.05) is 0 Å². The summed E-state index contributed by atoms with van der Waals surface area (Å²) in [6, 6.07) is 8.57. The van der Waals surface area contributed by atoms with Gasteiger partial charge in [0.1, 0.15) is 5.82 Å². The van der Waals surface area contributed by atoms with Crippen molar-refractivity contribution in [2.75, 3.05) is 17.6 Å². The molecule has 1 fully saturated rings. The van der Waals surface area contributed by atoms with Gasteiger partial charge in [0.2, 0.25) is 10.0 Å². The molecule has 30 heavy (non-hydrogen) atoms. The Hall–Kier alpha value is -2.20. The molecule has 1 saturated carbocycles. The first-order valence-corrected chi connectivity index (χ1v) is 11.6. The fourth-order valence-corrected chi connectivity index (χ4v) is 4.18. The summed E-state index contributed by atoms with van der Waals surface area (Å²) in [6.07, 6.45) is -0.829. The van der Waals surface area contributed by atoms with Gasteiger partial charge in [-0.3, -0.25) is 0 Å². The van der Waals surface area contributed by atoms with E-state index in [2.05, 4.69) is 20.2 Å². The number of alkyl halides is 3. The van der Waals surface area contributed by atoms with E-state index in [-0.39, 0.29) is 11.8 Å². The Morgan fingerprint density at radius 1 is 1.07 bits per heavy atom. The van der Waals surface area contributed by atoms with Crippen molar-refractivity contribution in [2.24, 2.45) is 5.92 Å². The van der Waals surface area contributed by atoms with E-state index in [1.54, 1.807) is 25.1 Å². The molecular formula is C20H25F3N4O2S. The number of sulfonamides is 1. The van der Waals surface area contributed by atoms with E-state index < -0.39 is 21.8 Å². The number of anilines is 1. The third-order valence-corrected chi connectivity index (χ3v) is 6.69. The zero-order valence-electron chi connectivity index (χ0n) is 16.6. The van der Waals surface area contributed by atoms with Gasteiger partial charge in [-0.25, -0.2) is 13.1 Å². The van der Waals surface area contributed by atoms with Crippen LogP contribution >= 0.6 is 0 Å². The molecule has 164 valence electrons. The third kappa shape index (κ3) is 6.15. The largest absolute Gasteiger partial charge is 0.416 e. The van der Waals surface area contributed by atoms with Crippen LogP contribution < -0.4 is 10.0 Å². The van der Waals surface area contributed by atoms with Crippen LogP contribution in [0.25, 0.3) is 11.3 Å². The van der Waals surface area contributed by atoms with Crippen LogP contribution in [0.1, 0.15) is 38.2 Å². The summed E-state index contributed by atoms with van der Waals surface area (Å²) in [7, 11) is -3.17. The minimum absolute atomic E-state index is 0.0824. The van der Waals surface area contributed by atoms with Crippen LogP contribution in [0.2, 0.25) is 0 Å². The minimum Gasteiger partial charge on any atom is -0.366 e. The normalized spacial score (nSPS) is 20.1. The number of rotatable bonds is 7. The zero-order chi connectivity index (χ0) is 21.8. The van der Waals surface area contributed by atoms with Crippen molar-refractivity contribution in [3.05, 3.63) is 42.0 Å². The van der Waals surface area contributed by atoms with Crippen molar-refractivity contribution in [3.8, 4) is 11.3 Å². The fourth-order valence-electron chi connectivity index (χ4n) is 3.48. The predicted octanol–water partition coefficient (Wildman–Crippen LogP) is 4.07. The first-order chi connectivity index (χ1) is 14.2. The van der Waals surface area contributed by atoms with E-state index >= 15 is 0 Å². The number of hydrogen-bond donors (Lipinski definition) is 2. The van der Waals surface area contributed by atoms with Crippen molar-refractivity contribution in [2.45, 2.75) is 44.8 Å². The molecular weight excluding hydrogens is 417 g/mol. The highest BCUT2D eigenvalue weighted by Gasteiger charge is 2.30. The van der Waals surface area contributed by atoms with Crippen LogP contribution in [0.3, 0.4) is 0 Å². The summed E-state index contributed by atoms with van der Waals surface area (Å²) < 4.78 is 64.4. The summed E-state index contributed by atoms with van der Waals surface area (Å²) in [6.45, 7) is 2.08. The molecule has 0 aliphatic heterocycles. The molecule has 1 aromatic heterocycles. The standard InChI is InChI=1S/C20H25F3N4O2S/c1-2-30(28,29)24-13-14-6-8-17(9-7-14)25-19-11-10-18(26-27-19)15-4-3-5-16(12-15)20(21,22)23/h3-5,10-12,14,17,24H,2,6-9,13H2,1H3,(H,25,27)/t14-,17-. The van der Waals surface area contributed by atoms with Crippen LogP contribution in [-0.2, 0) is 16.2 Å². The van der Waals surface area contributed by atoms with E-state index in [1.165, 1.54) is 6.07 Å². The van der Waals surface area contributed by atoms with Crippen LogP contribution in [0, 0.1) is 5.92 Å². The third-order valence-electron chi connectivity index (χ3n) is 5.32. The molecule has 0 amide bonds. The molecule has 0 saturated heterocycles. The highest BCUT2D eigenvalue weighted by atomic mass is 32.2. The molecule has 1 aromatic carbocycles. The zero-order valence-corrected chi connectivity index (χ0v) is 17.4. The lowest BCUT2D eigenvalue weighted by Gasteiger charge is -2.29. The summed E-state index contributed by atoms with van der Waals surface area (Å²) in [5.41, 5.74) is 0.0134. The Morgan fingerprint density at radius 3 is 2.40 bits per heavy atom. The van der Waals surface area contributed by atoms with Crippen LogP contribution in [-0.4, -0.2) is 37.0 Å². The molecule has 1 aliphatic rings. The number of nitrogens with one attached hydrogen (secondary N) is 2. The fraction of sp³-hybridized carbons (Fsp3) is 0.500. The first-order valence-electron chi connectivity index (χ1n) is 9.91. The molecule has 6 nitrogen and oxygen atoms in total. The number of halogens is 3. The van der Waals surface area contributed by atoms with Gasteiger partial charge in [-0.05, 0) is 62.8 Å². The SMILES string of the molecule is CCS(=O)(=O)NC[C@H]1CC[C@H](Nc2ccc(-c3cccc(C(F)(F)F)c3)nn2)CC1. The molecule has 10 heteroatoms. The van der Waals surface area contributed by atoms with Crippen LogP contribution in [0.5, 0.6) is 0 Å². The van der Waals surface area contributed by atoms with Gasteiger partial charge in [-0.15, -0.1) is 10.2 Å². The monoisotopic (exact) mass is 442 g/mol. The van der Waals surface area contributed by atoms with E-state index in [4.69, 9.17) is 0 Å². The number of aromatic nitrogens is 2. The van der Waals surface area contributed by atoms with E-state index in [9.17, 15) is 21.6 Å². The topological polar surface area (TPSA) is 84.0 Å². The quantitative estimate of drug-likeness (QED) is 0.675. The second-order valence-corrected chi connectivity index (χ2v) is 9.59. The Kier molecular flexibility index (Phi) is 6.97. The number of benzene rings is 1. The van der Waals surface area contributed by atoms with E-state index in [0.29, 0.717) is 29.5 Å². The van der Waals surface area contributed by atoms with Gasteiger partial charge in [-0.2, -0.15) is 13.2 Å². The molecule has 2 aromatic rings. The molecule has 0 unspecified atom stereocenters. The summed E-state index contributed by atoms with van der Waals surface area (Å²) >= 11 is 0. The highest BCUT2D eigenvalue weighted by Crippen LogP contribution is 2.32. The average molecular weight is 443 g/mol. The molecule has 1 heterocycles. The molecule has 1 aliphatic carbocycles. The lowest BCUT2D eigenvalue weighted by molar-refractivity contribution is -0.137. The van der Waals surface area contributed by atoms with Crippen molar-refractivity contribution >= 4 is 15.8 Å². The molecule has 0 radical (unpaired) electrons. The smallest absolute Gasteiger partial charge is 0.366 e. The van der Waals surface area contributed by atoms with Crippen molar-refractivity contribution in [3.63, 3.8) is 0 Å². The average Bonchev–Trinajstić information content (AvgIpc) is 2.73. The van der Waals surface area contributed by atoms with Crippen LogP contribution in [0.4, 0.5) is 19.0 Å². The lowest BCUT2D eigenvalue weighted by Crippen LogP contribution is -2.34. The first kappa shape index (κ1) is 22.5. The van der Waals surface area contributed by atoms with E-state index in [0.717, 1.165) is 37.8 Å². The maximum atomic E-state index is 12.9. The molecule has 3 rings (SSSR count). The summed E-state index contributed by atoms with van der Waals surface area (Å²) in [4.78, 5) is 0. The van der Waals surface area contributed by atoms with Crippen molar-refractivity contribution < 1.29 is 21.6 Å². The second-order valence-electron chi connectivity index (χ2n) is 7.50. The predicted molar refractivity (Wildman–Crippen MR) is 109 cm³/mol. The molecule has 0 bridgehead atoms. The molecule has 2 N–H and O–H groups in total. The Balaban J connectivity index is 1.53. The summed E-state index contributed by atoms with van der Waals surface area (Å²) in [5, 5.41) is 11.5. The highest BCUT2D eigenvalue weighted by molar-refractivity contribution is 7.89. The Morgan fingerprint density at radius 2 is 1.80 bits per heavy atom.